The van der Waals surface area contributed by atoms with Gasteiger partial charge in [0.25, 0.3) is 0 Å². The predicted molar refractivity (Wildman–Crippen MR) is 53.4 cm³/mol. The Labute approximate surface area is 75.3 Å². The highest BCUT2D eigenvalue weighted by atomic mass is 16.6. The normalized spacial score (nSPS) is 12.4. The topological polar surface area (TPSA) is 21.6 Å². The molecule has 0 aromatic rings. The molecule has 0 spiro atoms. The van der Waals surface area contributed by atoms with Crippen LogP contribution in [0.5, 0.6) is 0 Å². The lowest BCUT2D eigenvalue weighted by Crippen LogP contribution is -1.84. The quantitative estimate of drug-likeness (QED) is 0.340. The number of allylic oxidation sites excluding steroid dienone is 2. The standard InChI is InChI=1S/C10H19NO/c1-4-5-6-7-8-9-10(2)11-12-3/h8-9H,4-7H2,1-3H3/b9-8+,11-10+. The van der Waals surface area contributed by atoms with Crippen molar-refractivity contribution in [2.75, 3.05) is 7.11 Å². The molecule has 0 rings (SSSR count). The summed E-state index contributed by atoms with van der Waals surface area (Å²) >= 11 is 0. The fourth-order valence-corrected chi connectivity index (χ4v) is 0.940. The van der Waals surface area contributed by atoms with Crippen molar-refractivity contribution in [1.29, 1.82) is 0 Å². The van der Waals surface area contributed by atoms with Crippen LogP contribution in [0.4, 0.5) is 0 Å². The molecule has 0 bridgehead atoms. The fraction of sp³-hybridized carbons (Fsp3) is 0.700. The molecule has 0 radical (unpaired) electrons. The van der Waals surface area contributed by atoms with E-state index in [-0.39, 0.29) is 0 Å². The molecular weight excluding hydrogens is 150 g/mol. The van der Waals surface area contributed by atoms with E-state index >= 15 is 0 Å². The highest BCUT2D eigenvalue weighted by molar-refractivity contribution is 5.92. The summed E-state index contributed by atoms with van der Waals surface area (Å²) < 4.78 is 0. The average Bonchev–Trinajstić information content (AvgIpc) is 2.05. The summed E-state index contributed by atoms with van der Waals surface area (Å²) in [7, 11) is 1.56. The average molecular weight is 169 g/mol. The van der Waals surface area contributed by atoms with Crippen LogP contribution in [0.25, 0.3) is 0 Å². The zero-order valence-corrected chi connectivity index (χ0v) is 8.34. The van der Waals surface area contributed by atoms with E-state index in [1.165, 1.54) is 19.3 Å². The highest BCUT2D eigenvalue weighted by Gasteiger charge is 1.84. The summed E-state index contributed by atoms with van der Waals surface area (Å²) in [5.74, 6) is 0. The van der Waals surface area contributed by atoms with Gasteiger partial charge in [-0.05, 0) is 25.8 Å². The lowest BCUT2D eigenvalue weighted by molar-refractivity contribution is 0.213. The van der Waals surface area contributed by atoms with Crippen molar-refractivity contribution in [2.45, 2.75) is 39.5 Å². The summed E-state index contributed by atoms with van der Waals surface area (Å²) in [6.45, 7) is 4.14. The lowest BCUT2D eigenvalue weighted by atomic mass is 10.2. The molecule has 0 amide bonds. The molecule has 0 atom stereocenters. The molecule has 0 saturated heterocycles. The van der Waals surface area contributed by atoms with Gasteiger partial charge in [0.2, 0.25) is 0 Å². The molecule has 0 saturated carbocycles. The molecule has 70 valence electrons. The largest absolute Gasteiger partial charge is 0.399 e. The number of rotatable bonds is 6. The van der Waals surface area contributed by atoms with Gasteiger partial charge in [0.1, 0.15) is 7.11 Å². The first-order valence-electron chi connectivity index (χ1n) is 4.55. The summed E-state index contributed by atoms with van der Waals surface area (Å²) in [5, 5.41) is 3.77. The first-order chi connectivity index (χ1) is 5.81. The molecule has 0 aliphatic rings. The maximum atomic E-state index is 4.62. The van der Waals surface area contributed by atoms with Crippen LogP contribution < -0.4 is 0 Å². The SMILES string of the molecule is CCCCC/C=C/C(C)=N/OC. The Balaban J connectivity index is 3.41. The van der Waals surface area contributed by atoms with E-state index in [2.05, 4.69) is 23.0 Å². The first kappa shape index (κ1) is 11.2. The molecule has 12 heavy (non-hydrogen) atoms. The van der Waals surface area contributed by atoms with Gasteiger partial charge < -0.3 is 4.84 Å². The van der Waals surface area contributed by atoms with E-state index in [1.807, 2.05) is 13.0 Å². The summed E-state index contributed by atoms with van der Waals surface area (Å²) in [6.07, 6.45) is 9.15. The summed E-state index contributed by atoms with van der Waals surface area (Å²) in [6, 6.07) is 0. The smallest absolute Gasteiger partial charge is 0.106 e. The lowest BCUT2D eigenvalue weighted by Gasteiger charge is -1.92. The van der Waals surface area contributed by atoms with E-state index in [4.69, 9.17) is 0 Å². The van der Waals surface area contributed by atoms with Gasteiger partial charge in [-0.1, -0.05) is 31.0 Å². The number of oxime groups is 1. The summed E-state index contributed by atoms with van der Waals surface area (Å²) in [4.78, 5) is 4.62. The zero-order valence-electron chi connectivity index (χ0n) is 8.34. The second-order valence-corrected chi connectivity index (χ2v) is 2.81. The van der Waals surface area contributed by atoms with Gasteiger partial charge in [0.05, 0.1) is 5.71 Å². The second-order valence-electron chi connectivity index (χ2n) is 2.81. The Bertz CT molecular complexity index is 150. The van der Waals surface area contributed by atoms with Crippen LogP contribution in [0.1, 0.15) is 39.5 Å². The van der Waals surface area contributed by atoms with Crippen LogP contribution in [-0.2, 0) is 4.84 Å². The third-order valence-corrected chi connectivity index (χ3v) is 1.57. The summed E-state index contributed by atoms with van der Waals surface area (Å²) in [5.41, 5.74) is 0.925. The van der Waals surface area contributed by atoms with Crippen molar-refractivity contribution in [2.24, 2.45) is 5.16 Å². The van der Waals surface area contributed by atoms with E-state index in [0.29, 0.717) is 0 Å². The third kappa shape index (κ3) is 7.32. The monoisotopic (exact) mass is 169 g/mol. The Morgan fingerprint density at radius 1 is 1.42 bits per heavy atom. The Morgan fingerprint density at radius 3 is 2.75 bits per heavy atom. The maximum absolute atomic E-state index is 4.62. The molecular formula is C10H19NO. The van der Waals surface area contributed by atoms with Gasteiger partial charge in [-0.2, -0.15) is 0 Å². The maximum Gasteiger partial charge on any atom is 0.106 e. The van der Waals surface area contributed by atoms with Crippen molar-refractivity contribution >= 4 is 5.71 Å². The van der Waals surface area contributed by atoms with Gasteiger partial charge >= 0.3 is 0 Å². The number of hydrogen-bond acceptors (Lipinski definition) is 2. The minimum absolute atomic E-state index is 0.925. The van der Waals surface area contributed by atoms with Crippen molar-refractivity contribution in [3.63, 3.8) is 0 Å². The number of nitrogens with zero attached hydrogens (tertiary/aromatic N) is 1. The van der Waals surface area contributed by atoms with Gasteiger partial charge in [-0.25, -0.2) is 0 Å². The Morgan fingerprint density at radius 2 is 2.17 bits per heavy atom. The van der Waals surface area contributed by atoms with Gasteiger partial charge in [-0.3, -0.25) is 0 Å². The van der Waals surface area contributed by atoms with Crippen LogP contribution in [-0.4, -0.2) is 12.8 Å². The van der Waals surface area contributed by atoms with Crippen LogP contribution in [0.3, 0.4) is 0 Å². The van der Waals surface area contributed by atoms with Gasteiger partial charge in [0.15, 0.2) is 0 Å². The third-order valence-electron chi connectivity index (χ3n) is 1.57. The highest BCUT2D eigenvalue weighted by Crippen LogP contribution is 1.99. The van der Waals surface area contributed by atoms with E-state index in [1.54, 1.807) is 7.11 Å². The minimum Gasteiger partial charge on any atom is -0.399 e. The number of unbranched alkanes of at least 4 members (excludes halogenated alkanes) is 3. The van der Waals surface area contributed by atoms with E-state index < -0.39 is 0 Å². The van der Waals surface area contributed by atoms with Gasteiger partial charge in [0, 0.05) is 0 Å². The van der Waals surface area contributed by atoms with Crippen molar-refractivity contribution in [1.82, 2.24) is 0 Å². The van der Waals surface area contributed by atoms with Crippen molar-refractivity contribution < 1.29 is 4.84 Å². The molecule has 0 aromatic carbocycles. The minimum atomic E-state index is 0.925. The molecule has 0 aliphatic carbocycles. The van der Waals surface area contributed by atoms with Crippen LogP contribution >= 0.6 is 0 Å². The Kier molecular flexibility index (Phi) is 7.76. The Hall–Kier alpha value is -0.790. The molecule has 0 unspecified atom stereocenters. The fourth-order valence-electron chi connectivity index (χ4n) is 0.940. The van der Waals surface area contributed by atoms with Crippen molar-refractivity contribution in [3.05, 3.63) is 12.2 Å². The number of hydrogen-bond donors (Lipinski definition) is 0. The van der Waals surface area contributed by atoms with Crippen LogP contribution in [0.2, 0.25) is 0 Å². The van der Waals surface area contributed by atoms with Crippen molar-refractivity contribution in [3.8, 4) is 0 Å². The predicted octanol–water partition coefficient (Wildman–Crippen LogP) is 3.15. The zero-order chi connectivity index (χ0) is 9.23. The van der Waals surface area contributed by atoms with E-state index in [9.17, 15) is 0 Å². The molecule has 0 aromatic heterocycles. The molecule has 0 fully saturated rings. The van der Waals surface area contributed by atoms with E-state index in [0.717, 1.165) is 12.1 Å². The van der Waals surface area contributed by atoms with Gasteiger partial charge in [-0.15, -0.1) is 0 Å². The second kappa shape index (κ2) is 8.31. The van der Waals surface area contributed by atoms with Crippen LogP contribution in [0, 0.1) is 0 Å². The molecule has 0 N–H and O–H groups in total. The first-order valence-corrected chi connectivity index (χ1v) is 4.55. The molecule has 2 nitrogen and oxygen atoms in total. The molecule has 0 aliphatic heterocycles. The molecule has 2 heteroatoms. The molecule has 0 heterocycles. The van der Waals surface area contributed by atoms with Crippen LogP contribution in [0.15, 0.2) is 17.3 Å².